The van der Waals surface area contributed by atoms with Gasteiger partial charge >= 0.3 is 6.03 Å². The number of hydrogen-bond donors (Lipinski definition) is 2. The van der Waals surface area contributed by atoms with Gasteiger partial charge in [0.1, 0.15) is 5.82 Å². The van der Waals surface area contributed by atoms with Crippen molar-refractivity contribution in [1.82, 2.24) is 5.32 Å². The predicted octanol–water partition coefficient (Wildman–Crippen LogP) is 3.66. The topological polar surface area (TPSA) is 50.4 Å². The van der Waals surface area contributed by atoms with Gasteiger partial charge in [-0.15, -0.1) is 0 Å². The van der Waals surface area contributed by atoms with Crippen molar-refractivity contribution in [3.63, 3.8) is 0 Å². The molecule has 0 spiro atoms. The molecule has 2 N–H and O–H groups in total. The largest absolute Gasteiger partial charge is 0.381 e. The number of rotatable bonds is 7. The minimum absolute atomic E-state index is 0.0233. The molecular weight excluding hydrogens is 283 g/mol. The molecule has 0 saturated heterocycles. The Kier molecular flexibility index (Phi) is 7.33. The standard InChI is InChI=1S/C14H20ClFN2O2/c1-10(2)9-20-7-3-6-17-14(19)18-11-4-5-13(16)12(15)8-11/h4-5,8,10H,3,6-7,9H2,1-2H3,(H2,17,18,19). The zero-order valence-corrected chi connectivity index (χ0v) is 12.5. The number of carbonyl (C=O) groups excluding carboxylic acids is 1. The fraction of sp³-hybridized carbons (Fsp3) is 0.500. The van der Waals surface area contributed by atoms with E-state index in [0.717, 1.165) is 13.0 Å². The van der Waals surface area contributed by atoms with Crippen LogP contribution in [0.2, 0.25) is 5.02 Å². The summed E-state index contributed by atoms with van der Waals surface area (Å²) in [6, 6.07) is 3.67. The first-order chi connectivity index (χ1) is 9.49. The summed E-state index contributed by atoms with van der Waals surface area (Å²) in [5, 5.41) is 5.24. The number of nitrogens with one attached hydrogen (secondary N) is 2. The van der Waals surface area contributed by atoms with Gasteiger partial charge in [-0.25, -0.2) is 9.18 Å². The minimum Gasteiger partial charge on any atom is -0.381 e. The van der Waals surface area contributed by atoms with E-state index in [1.165, 1.54) is 18.2 Å². The molecule has 1 aromatic carbocycles. The van der Waals surface area contributed by atoms with Crippen LogP contribution in [0, 0.1) is 11.7 Å². The third-order valence-corrected chi connectivity index (χ3v) is 2.67. The first kappa shape index (κ1) is 16.7. The SMILES string of the molecule is CC(C)COCCCNC(=O)Nc1ccc(F)c(Cl)c1. The molecule has 0 unspecified atom stereocenters. The normalized spacial score (nSPS) is 10.7. The van der Waals surface area contributed by atoms with Crippen LogP contribution in [0.3, 0.4) is 0 Å². The predicted molar refractivity (Wildman–Crippen MR) is 78.7 cm³/mol. The van der Waals surface area contributed by atoms with Gasteiger partial charge in [0.05, 0.1) is 5.02 Å². The number of urea groups is 1. The highest BCUT2D eigenvalue weighted by atomic mass is 35.5. The number of hydrogen-bond acceptors (Lipinski definition) is 2. The van der Waals surface area contributed by atoms with Crippen LogP contribution in [0.25, 0.3) is 0 Å². The second-order valence-corrected chi connectivity index (χ2v) is 5.24. The van der Waals surface area contributed by atoms with Crippen molar-refractivity contribution in [2.24, 2.45) is 5.92 Å². The average molecular weight is 303 g/mol. The number of anilines is 1. The molecule has 1 rings (SSSR count). The fourth-order valence-electron chi connectivity index (χ4n) is 1.44. The van der Waals surface area contributed by atoms with Crippen LogP contribution < -0.4 is 10.6 Å². The van der Waals surface area contributed by atoms with E-state index in [4.69, 9.17) is 16.3 Å². The van der Waals surface area contributed by atoms with E-state index in [9.17, 15) is 9.18 Å². The molecule has 112 valence electrons. The third kappa shape index (κ3) is 6.73. The molecule has 0 atom stereocenters. The molecule has 0 radical (unpaired) electrons. The van der Waals surface area contributed by atoms with Crippen molar-refractivity contribution in [3.05, 3.63) is 29.0 Å². The lowest BCUT2D eigenvalue weighted by molar-refractivity contribution is 0.108. The van der Waals surface area contributed by atoms with Gasteiger partial charge < -0.3 is 15.4 Å². The Hall–Kier alpha value is -1.33. The summed E-state index contributed by atoms with van der Waals surface area (Å²) in [4.78, 5) is 11.5. The molecule has 0 aliphatic carbocycles. The second-order valence-electron chi connectivity index (χ2n) is 4.83. The Morgan fingerprint density at radius 3 is 2.85 bits per heavy atom. The number of amides is 2. The highest BCUT2D eigenvalue weighted by Crippen LogP contribution is 2.19. The summed E-state index contributed by atoms with van der Waals surface area (Å²) in [5.74, 6) is -0.00518. The van der Waals surface area contributed by atoms with Crippen LogP contribution in [0.4, 0.5) is 14.9 Å². The molecule has 4 nitrogen and oxygen atoms in total. The smallest absolute Gasteiger partial charge is 0.319 e. The van der Waals surface area contributed by atoms with Gasteiger partial charge in [0.2, 0.25) is 0 Å². The molecule has 0 fully saturated rings. The van der Waals surface area contributed by atoms with Gasteiger partial charge in [-0.05, 0) is 30.5 Å². The molecule has 0 aliphatic rings. The van der Waals surface area contributed by atoms with Crippen LogP contribution in [-0.2, 0) is 4.74 Å². The molecule has 20 heavy (non-hydrogen) atoms. The maximum Gasteiger partial charge on any atom is 0.319 e. The van der Waals surface area contributed by atoms with Gasteiger partial charge in [0, 0.05) is 25.4 Å². The molecule has 0 bridgehead atoms. The van der Waals surface area contributed by atoms with Gasteiger partial charge in [0.15, 0.2) is 0 Å². The van der Waals surface area contributed by atoms with E-state index < -0.39 is 5.82 Å². The lowest BCUT2D eigenvalue weighted by Gasteiger charge is -2.09. The van der Waals surface area contributed by atoms with E-state index in [-0.39, 0.29) is 11.1 Å². The van der Waals surface area contributed by atoms with Gasteiger partial charge in [0.25, 0.3) is 0 Å². The summed E-state index contributed by atoms with van der Waals surface area (Å²) in [6.45, 7) is 6.01. The number of halogens is 2. The molecule has 1 aromatic rings. The molecule has 0 saturated carbocycles. The number of ether oxygens (including phenoxy) is 1. The van der Waals surface area contributed by atoms with E-state index in [1.807, 2.05) is 0 Å². The summed E-state index contributed by atoms with van der Waals surface area (Å²) < 4.78 is 18.3. The Balaban J connectivity index is 2.18. The fourth-order valence-corrected chi connectivity index (χ4v) is 1.62. The van der Waals surface area contributed by atoms with Crippen molar-refractivity contribution < 1.29 is 13.9 Å². The van der Waals surface area contributed by atoms with Crippen molar-refractivity contribution in [1.29, 1.82) is 0 Å². The first-order valence-corrected chi connectivity index (χ1v) is 6.94. The Morgan fingerprint density at radius 2 is 2.20 bits per heavy atom. The van der Waals surface area contributed by atoms with Crippen LogP contribution in [-0.4, -0.2) is 25.8 Å². The van der Waals surface area contributed by atoms with E-state index >= 15 is 0 Å². The van der Waals surface area contributed by atoms with E-state index in [2.05, 4.69) is 24.5 Å². The van der Waals surface area contributed by atoms with Crippen molar-refractivity contribution >= 4 is 23.3 Å². The summed E-state index contributed by atoms with van der Waals surface area (Å²) in [6.07, 6.45) is 0.740. The van der Waals surface area contributed by atoms with Crippen molar-refractivity contribution in [2.75, 3.05) is 25.1 Å². The monoisotopic (exact) mass is 302 g/mol. The van der Waals surface area contributed by atoms with Gasteiger partial charge in [-0.2, -0.15) is 0 Å². The minimum atomic E-state index is -0.514. The Bertz CT molecular complexity index is 441. The molecular formula is C14H20ClFN2O2. The van der Waals surface area contributed by atoms with E-state index in [1.54, 1.807) is 0 Å². The zero-order chi connectivity index (χ0) is 15.0. The quantitative estimate of drug-likeness (QED) is 0.755. The lowest BCUT2D eigenvalue weighted by Crippen LogP contribution is -2.30. The van der Waals surface area contributed by atoms with Gasteiger partial charge in [-0.3, -0.25) is 0 Å². The highest BCUT2D eigenvalue weighted by molar-refractivity contribution is 6.31. The zero-order valence-electron chi connectivity index (χ0n) is 11.7. The maximum absolute atomic E-state index is 12.9. The molecule has 2 amide bonds. The van der Waals surface area contributed by atoms with Crippen LogP contribution in [0.1, 0.15) is 20.3 Å². The third-order valence-electron chi connectivity index (χ3n) is 2.38. The average Bonchev–Trinajstić information content (AvgIpc) is 2.38. The second kappa shape index (κ2) is 8.76. The maximum atomic E-state index is 12.9. The molecule has 0 aliphatic heterocycles. The Morgan fingerprint density at radius 1 is 1.45 bits per heavy atom. The van der Waals surface area contributed by atoms with Gasteiger partial charge in [-0.1, -0.05) is 25.4 Å². The van der Waals surface area contributed by atoms with Crippen molar-refractivity contribution in [3.8, 4) is 0 Å². The summed E-state index contributed by atoms with van der Waals surface area (Å²) in [5.41, 5.74) is 0.449. The first-order valence-electron chi connectivity index (χ1n) is 6.56. The van der Waals surface area contributed by atoms with Crippen LogP contribution in [0.15, 0.2) is 18.2 Å². The Labute approximate surface area is 123 Å². The number of benzene rings is 1. The molecule has 6 heteroatoms. The number of carbonyl (C=O) groups is 1. The molecule has 0 aromatic heterocycles. The summed E-state index contributed by atoms with van der Waals surface area (Å²) >= 11 is 5.62. The van der Waals surface area contributed by atoms with Crippen LogP contribution >= 0.6 is 11.6 Å². The van der Waals surface area contributed by atoms with E-state index in [0.29, 0.717) is 24.8 Å². The highest BCUT2D eigenvalue weighted by Gasteiger charge is 2.04. The molecule has 0 heterocycles. The van der Waals surface area contributed by atoms with Crippen molar-refractivity contribution in [2.45, 2.75) is 20.3 Å². The van der Waals surface area contributed by atoms with Crippen LogP contribution in [0.5, 0.6) is 0 Å². The lowest BCUT2D eigenvalue weighted by atomic mass is 10.2. The summed E-state index contributed by atoms with van der Waals surface area (Å²) in [7, 11) is 0.